The fourth-order valence-electron chi connectivity index (χ4n) is 1.58. The van der Waals surface area contributed by atoms with Gasteiger partial charge in [0.05, 0.1) is 4.83 Å². The third-order valence-corrected chi connectivity index (χ3v) is 4.00. The molecule has 0 N–H and O–H groups in total. The van der Waals surface area contributed by atoms with Gasteiger partial charge < -0.3 is 4.74 Å². The van der Waals surface area contributed by atoms with Crippen LogP contribution < -0.4 is 4.74 Å². The van der Waals surface area contributed by atoms with Crippen molar-refractivity contribution in [2.24, 2.45) is 0 Å². The monoisotopic (exact) mass is 338 g/mol. The molecule has 1 atom stereocenters. The lowest BCUT2D eigenvalue weighted by atomic mass is 10.1. The van der Waals surface area contributed by atoms with Crippen LogP contribution in [-0.4, -0.2) is 5.78 Å². The number of halogens is 2. The molecule has 19 heavy (non-hydrogen) atoms. The highest BCUT2D eigenvalue weighted by molar-refractivity contribution is 9.09. The molecule has 0 amide bonds. The summed E-state index contributed by atoms with van der Waals surface area (Å²) in [6, 6.07) is 14.6. The van der Waals surface area contributed by atoms with Gasteiger partial charge in [0.2, 0.25) is 0 Å². The molecule has 1 unspecified atom stereocenters. The van der Waals surface area contributed by atoms with Gasteiger partial charge in [-0.2, -0.15) is 0 Å². The van der Waals surface area contributed by atoms with E-state index in [-0.39, 0.29) is 10.6 Å². The van der Waals surface area contributed by atoms with E-state index in [2.05, 4.69) is 15.9 Å². The van der Waals surface area contributed by atoms with Crippen molar-refractivity contribution in [1.29, 1.82) is 0 Å². The second-order valence-corrected chi connectivity index (χ2v) is 5.45. The van der Waals surface area contributed by atoms with E-state index in [0.717, 1.165) is 11.3 Å². The van der Waals surface area contributed by atoms with E-state index in [0.29, 0.717) is 10.8 Å². The lowest BCUT2D eigenvalue weighted by molar-refractivity contribution is -0.116. The zero-order valence-electron chi connectivity index (χ0n) is 10.3. The zero-order valence-corrected chi connectivity index (χ0v) is 12.6. The van der Waals surface area contributed by atoms with Gasteiger partial charge in [-0.25, -0.2) is 0 Å². The molecule has 0 aromatic heterocycles. The maximum atomic E-state index is 11.3. The van der Waals surface area contributed by atoms with E-state index in [1.165, 1.54) is 0 Å². The number of ether oxygens (including phenoxy) is 1. The molecule has 0 aliphatic rings. The number of alkyl halides is 1. The zero-order chi connectivity index (χ0) is 13.8. The number of hydrogen-bond acceptors (Lipinski definition) is 2. The van der Waals surface area contributed by atoms with E-state index in [1.807, 2.05) is 24.3 Å². The summed E-state index contributed by atoms with van der Waals surface area (Å²) in [5.41, 5.74) is 0.913. The summed E-state index contributed by atoms with van der Waals surface area (Å²) in [6.07, 6.45) is 0. The van der Waals surface area contributed by atoms with Gasteiger partial charge in [0, 0.05) is 5.02 Å². The molecule has 0 saturated carbocycles. The number of carbonyl (C=O) groups is 1. The minimum Gasteiger partial charge on any atom is -0.457 e. The Bertz CT molecular complexity index is 564. The smallest absolute Gasteiger partial charge is 0.147 e. The van der Waals surface area contributed by atoms with Crippen molar-refractivity contribution in [2.45, 2.75) is 11.8 Å². The van der Waals surface area contributed by atoms with Gasteiger partial charge in [0.15, 0.2) is 0 Å². The fourth-order valence-corrected chi connectivity index (χ4v) is 2.01. The Hall–Kier alpha value is -1.32. The Balaban J connectivity index is 2.10. The van der Waals surface area contributed by atoms with Crippen molar-refractivity contribution < 1.29 is 9.53 Å². The van der Waals surface area contributed by atoms with Crippen LogP contribution in [0.1, 0.15) is 17.3 Å². The second-order valence-electron chi connectivity index (χ2n) is 4.10. The van der Waals surface area contributed by atoms with Gasteiger partial charge in [0.1, 0.15) is 17.3 Å². The molecular weight excluding hydrogens is 328 g/mol. The molecule has 0 aliphatic heterocycles. The highest BCUT2D eigenvalue weighted by atomic mass is 79.9. The van der Waals surface area contributed by atoms with Crippen molar-refractivity contribution in [3.05, 3.63) is 59.1 Å². The maximum absolute atomic E-state index is 11.3. The molecule has 0 radical (unpaired) electrons. The largest absolute Gasteiger partial charge is 0.457 e. The number of Topliss-reactive ketones (excluding diaryl/α,β-unsaturated/α-hetero) is 1. The van der Waals surface area contributed by atoms with Crippen molar-refractivity contribution in [1.82, 2.24) is 0 Å². The number of ketones is 1. The minimum atomic E-state index is -0.267. The first-order valence-electron chi connectivity index (χ1n) is 5.74. The number of carbonyl (C=O) groups excluding carboxylic acids is 1. The SMILES string of the molecule is CC(=O)C(Br)c1ccc(Oc2ccc(Cl)cc2)cc1. The van der Waals surface area contributed by atoms with Crippen LogP contribution in [0.25, 0.3) is 0 Å². The summed E-state index contributed by atoms with van der Waals surface area (Å²) in [5, 5.41) is 0.672. The maximum Gasteiger partial charge on any atom is 0.147 e. The Morgan fingerprint density at radius 1 is 1.05 bits per heavy atom. The quantitative estimate of drug-likeness (QED) is 0.719. The van der Waals surface area contributed by atoms with E-state index < -0.39 is 0 Å². The normalized spacial score (nSPS) is 11.9. The highest BCUT2D eigenvalue weighted by Gasteiger charge is 2.12. The summed E-state index contributed by atoms with van der Waals surface area (Å²) in [7, 11) is 0. The van der Waals surface area contributed by atoms with Crippen LogP contribution in [0.4, 0.5) is 0 Å². The molecule has 0 aliphatic carbocycles. The third-order valence-electron chi connectivity index (χ3n) is 2.58. The van der Waals surface area contributed by atoms with E-state index >= 15 is 0 Å². The van der Waals surface area contributed by atoms with Crippen LogP contribution in [0.3, 0.4) is 0 Å². The summed E-state index contributed by atoms with van der Waals surface area (Å²) >= 11 is 9.15. The van der Waals surface area contributed by atoms with E-state index in [9.17, 15) is 4.79 Å². The fraction of sp³-hybridized carbons (Fsp3) is 0.133. The van der Waals surface area contributed by atoms with Crippen LogP contribution in [-0.2, 0) is 4.79 Å². The van der Waals surface area contributed by atoms with Crippen LogP contribution in [0.2, 0.25) is 5.02 Å². The number of rotatable bonds is 4. The van der Waals surface area contributed by atoms with Crippen LogP contribution >= 0.6 is 27.5 Å². The van der Waals surface area contributed by atoms with Gasteiger partial charge >= 0.3 is 0 Å². The molecular formula is C15H12BrClO2. The number of benzene rings is 2. The molecule has 2 aromatic rings. The molecule has 2 nitrogen and oxygen atoms in total. The van der Waals surface area contributed by atoms with Crippen molar-refractivity contribution in [2.75, 3.05) is 0 Å². The molecule has 0 heterocycles. The Kier molecular flexibility index (Phi) is 4.61. The van der Waals surface area contributed by atoms with Gasteiger partial charge in [-0.15, -0.1) is 0 Å². The van der Waals surface area contributed by atoms with Crippen LogP contribution in [0, 0.1) is 0 Å². The molecule has 4 heteroatoms. The average molecular weight is 340 g/mol. The van der Waals surface area contributed by atoms with E-state index in [1.54, 1.807) is 31.2 Å². The standard InChI is InChI=1S/C15H12BrClO2/c1-10(18)15(16)11-2-6-13(7-3-11)19-14-8-4-12(17)5-9-14/h2-9,15H,1H3. The first kappa shape index (κ1) is 14.1. The van der Waals surface area contributed by atoms with Crippen LogP contribution in [0.5, 0.6) is 11.5 Å². The lowest BCUT2D eigenvalue weighted by Crippen LogP contribution is -2.00. The average Bonchev–Trinajstić information content (AvgIpc) is 2.41. The predicted octanol–water partition coefficient (Wildman–Crippen LogP) is 5.16. The van der Waals surface area contributed by atoms with Crippen molar-refractivity contribution >= 4 is 33.3 Å². The summed E-state index contributed by atoms with van der Waals surface area (Å²) < 4.78 is 5.67. The second kappa shape index (κ2) is 6.22. The third kappa shape index (κ3) is 3.82. The molecule has 0 bridgehead atoms. The van der Waals surface area contributed by atoms with Crippen molar-refractivity contribution in [3.8, 4) is 11.5 Å². The molecule has 2 rings (SSSR count). The first-order valence-corrected chi connectivity index (χ1v) is 7.03. The van der Waals surface area contributed by atoms with Gasteiger partial charge in [0.25, 0.3) is 0 Å². The summed E-state index contributed by atoms with van der Waals surface area (Å²) in [4.78, 5) is 11.0. The van der Waals surface area contributed by atoms with Gasteiger partial charge in [-0.3, -0.25) is 4.79 Å². The van der Waals surface area contributed by atoms with Gasteiger partial charge in [-0.05, 0) is 48.9 Å². The minimum absolute atomic E-state index is 0.0753. The Morgan fingerprint density at radius 3 is 2.00 bits per heavy atom. The van der Waals surface area contributed by atoms with Crippen LogP contribution in [0.15, 0.2) is 48.5 Å². The highest BCUT2D eigenvalue weighted by Crippen LogP contribution is 2.28. The van der Waals surface area contributed by atoms with E-state index in [4.69, 9.17) is 16.3 Å². The molecule has 0 spiro atoms. The van der Waals surface area contributed by atoms with Gasteiger partial charge in [-0.1, -0.05) is 39.7 Å². The molecule has 0 saturated heterocycles. The molecule has 98 valence electrons. The number of hydrogen-bond donors (Lipinski definition) is 0. The Morgan fingerprint density at radius 2 is 1.53 bits per heavy atom. The first-order chi connectivity index (χ1) is 9.06. The van der Waals surface area contributed by atoms with Crippen molar-refractivity contribution in [3.63, 3.8) is 0 Å². The lowest BCUT2D eigenvalue weighted by Gasteiger charge is -2.09. The predicted molar refractivity (Wildman–Crippen MR) is 80.3 cm³/mol. The Labute approximate surface area is 125 Å². The summed E-state index contributed by atoms with van der Waals surface area (Å²) in [5.74, 6) is 1.51. The molecule has 2 aromatic carbocycles. The molecule has 0 fully saturated rings. The summed E-state index contributed by atoms with van der Waals surface area (Å²) in [6.45, 7) is 1.55. The topological polar surface area (TPSA) is 26.3 Å².